The number of allylic oxidation sites excluding steroid dienone is 1. The van der Waals surface area contributed by atoms with Gasteiger partial charge in [0.2, 0.25) is 0 Å². The molecule has 0 radical (unpaired) electrons. The lowest BCUT2D eigenvalue weighted by Crippen LogP contribution is -2.45. The lowest BCUT2D eigenvalue weighted by Gasteiger charge is -2.40. The summed E-state index contributed by atoms with van der Waals surface area (Å²) in [6.45, 7) is 8.88. The van der Waals surface area contributed by atoms with Crippen LogP contribution in [0.25, 0.3) is 6.08 Å². The van der Waals surface area contributed by atoms with E-state index in [0.29, 0.717) is 6.04 Å². The van der Waals surface area contributed by atoms with Crippen molar-refractivity contribution >= 4 is 11.8 Å². The Labute approximate surface area is 152 Å². The summed E-state index contributed by atoms with van der Waals surface area (Å²) in [5, 5.41) is 0. The van der Waals surface area contributed by atoms with E-state index < -0.39 is 0 Å². The molecule has 3 rings (SSSR count). The molecule has 0 saturated carbocycles. The molecule has 1 heterocycles. The first-order chi connectivity index (χ1) is 12.3. The Morgan fingerprint density at radius 3 is 2.36 bits per heavy atom. The second-order valence-electron chi connectivity index (χ2n) is 6.84. The van der Waals surface area contributed by atoms with Gasteiger partial charge in [0, 0.05) is 37.9 Å². The minimum atomic E-state index is 0.642. The van der Waals surface area contributed by atoms with Gasteiger partial charge in [0.05, 0.1) is 0 Å². The van der Waals surface area contributed by atoms with E-state index in [9.17, 15) is 0 Å². The average molecular weight is 335 g/mol. The summed E-state index contributed by atoms with van der Waals surface area (Å²) >= 11 is 0. The van der Waals surface area contributed by atoms with Crippen LogP contribution in [0.15, 0.2) is 60.7 Å². The first kappa shape index (κ1) is 17.8. The minimum absolute atomic E-state index is 0.642. The Morgan fingerprint density at radius 1 is 1.00 bits per heavy atom. The Hall–Kier alpha value is -2.06. The largest absolute Gasteiger partial charge is 0.368 e. The third-order valence-electron chi connectivity index (χ3n) is 5.18. The van der Waals surface area contributed by atoms with Gasteiger partial charge in [-0.15, -0.1) is 0 Å². The molecule has 0 N–H and O–H groups in total. The third kappa shape index (κ3) is 4.52. The van der Waals surface area contributed by atoms with Crippen LogP contribution in [0.5, 0.6) is 0 Å². The van der Waals surface area contributed by atoms with Crippen LogP contribution in [0, 0.1) is 0 Å². The number of anilines is 1. The van der Waals surface area contributed by atoms with Crippen molar-refractivity contribution in [2.45, 2.75) is 39.3 Å². The van der Waals surface area contributed by atoms with Gasteiger partial charge in [0.1, 0.15) is 0 Å². The van der Waals surface area contributed by atoms with Gasteiger partial charge in [-0.25, -0.2) is 0 Å². The molecule has 25 heavy (non-hydrogen) atoms. The molecule has 2 aromatic rings. The minimum Gasteiger partial charge on any atom is -0.368 e. The molecule has 0 spiro atoms. The standard InChI is InChI=1S/C23H30N2/c1-3-10-21-13-8-9-14-23(21)25(4-2)22-15-17-24(18-16-22)19-20-11-6-5-7-12-20/h3,5-14,22H,4,15-19H2,1-2H3. The molecule has 0 unspecified atom stereocenters. The summed E-state index contributed by atoms with van der Waals surface area (Å²) in [6, 6.07) is 20.3. The molecular weight excluding hydrogens is 304 g/mol. The summed E-state index contributed by atoms with van der Waals surface area (Å²) in [7, 11) is 0. The summed E-state index contributed by atoms with van der Waals surface area (Å²) < 4.78 is 0. The Morgan fingerprint density at radius 2 is 1.68 bits per heavy atom. The predicted molar refractivity (Wildman–Crippen MR) is 109 cm³/mol. The first-order valence-electron chi connectivity index (χ1n) is 9.56. The van der Waals surface area contributed by atoms with E-state index in [1.807, 2.05) is 0 Å². The molecule has 1 aliphatic heterocycles. The summed E-state index contributed by atoms with van der Waals surface area (Å²) in [5.41, 5.74) is 4.13. The van der Waals surface area contributed by atoms with E-state index in [2.05, 4.69) is 90.4 Å². The van der Waals surface area contributed by atoms with Crippen molar-refractivity contribution in [1.82, 2.24) is 4.90 Å². The molecule has 1 aliphatic rings. The van der Waals surface area contributed by atoms with Crippen LogP contribution < -0.4 is 4.90 Å². The van der Waals surface area contributed by atoms with Crippen LogP contribution in [0.2, 0.25) is 0 Å². The lowest BCUT2D eigenvalue weighted by molar-refractivity contribution is 0.202. The number of likely N-dealkylation sites (tertiary alicyclic amines) is 1. The number of para-hydroxylation sites is 1. The summed E-state index contributed by atoms with van der Waals surface area (Å²) in [6.07, 6.45) is 6.84. The Kier molecular flexibility index (Phi) is 6.30. The van der Waals surface area contributed by atoms with E-state index in [4.69, 9.17) is 0 Å². The molecule has 0 aliphatic carbocycles. The lowest BCUT2D eigenvalue weighted by atomic mass is 10.00. The molecule has 2 heteroatoms. The first-order valence-corrected chi connectivity index (χ1v) is 9.56. The average Bonchev–Trinajstić information content (AvgIpc) is 2.66. The maximum Gasteiger partial charge on any atom is 0.0442 e. The van der Waals surface area contributed by atoms with Gasteiger partial charge in [-0.2, -0.15) is 0 Å². The molecule has 1 fully saturated rings. The topological polar surface area (TPSA) is 6.48 Å². The van der Waals surface area contributed by atoms with Gasteiger partial charge >= 0.3 is 0 Å². The van der Waals surface area contributed by atoms with Gasteiger partial charge in [0.25, 0.3) is 0 Å². The fourth-order valence-electron chi connectivity index (χ4n) is 3.93. The molecule has 0 aromatic heterocycles. The number of nitrogens with zero attached hydrogens (tertiary/aromatic N) is 2. The van der Waals surface area contributed by atoms with E-state index in [0.717, 1.165) is 13.1 Å². The zero-order chi connectivity index (χ0) is 17.5. The summed E-state index contributed by atoms with van der Waals surface area (Å²) in [4.78, 5) is 5.20. The highest BCUT2D eigenvalue weighted by Crippen LogP contribution is 2.28. The summed E-state index contributed by atoms with van der Waals surface area (Å²) in [5.74, 6) is 0. The second-order valence-corrected chi connectivity index (χ2v) is 6.84. The Balaban J connectivity index is 1.65. The smallest absolute Gasteiger partial charge is 0.0442 e. The predicted octanol–water partition coefficient (Wildman–Crippen LogP) is 5.21. The van der Waals surface area contributed by atoms with Crippen LogP contribution >= 0.6 is 0 Å². The van der Waals surface area contributed by atoms with E-state index >= 15 is 0 Å². The van der Waals surface area contributed by atoms with Crippen LogP contribution in [-0.2, 0) is 6.54 Å². The van der Waals surface area contributed by atoms with Crippen molar-refractivity contribution in [3.8, 4) is 0 Å². The molecule has 0 bridgehead atoms. The molecule has 0 atom stereocenters. The van der Waals surface area contributed by atoms with Crippen molar-refractivity contribution in [2.75, 3.05) is 24.5 Å². The highest BCUT2D eigenvalue weighted by Gasteiger charge is 2.24. The maximum absolute atomic E-state index is 2.61. The number of hydrogen-bond donors (Lipinski definition) is 0. The van der Waals surface area contributed by atoms with Crippen molar-refractivity contribution < 1.29 is 0 Å². The van der Waals surface area contributed by atoms with E-state index in [1.165, 1.54) is 42.7 Å². The third-order valence-corrected chi connectivity index (χ3v) is 5.18. The SMILES string of the molecule is CC=Cc1ccccc1N(CC)C1CCN(Cc2ccccc2)CC1. The van der Waals surface area contributed by atoms with Crippen LogP contribution in [-0.4, -0.2) is 30.6 Å². The van der Waals surface area contributed by atoms with Crippen LogP contribution in [0.3, 0.4) is 0 Å². The van der Waals surface area contributed by atoms with Crippen molar-refractivity contribution in [1.29, 1.82) is 0 Å². The zero-order valence-electron chi connectivity index (χ0n) is 15.6. The zero-order valence-corrected chi connectivity index (χ0v) is 15.6. The fraction of sp³-hybridized carbons (Fsp3) is 0.391. The van der Waals surface area contributed by atoms with E-state index in [1.54, 1.807) is 0 Å². The fourth-order valence-corrected chi connectivity index (χ4v) is 3.93. The molecule has 132 valence electrons. The van der Waals surface area contributed by atoms with Gasteiger partial charge in [-0.05, 0) is 43.9 Å². The van der Waals surface area contributed by atoms with Gasteiger partial charge < -0.3 is 4.90 Å². The number of piperidine rings is 1. The highest BCUT2D eigenvalue weighted by atomic mass is 15.2. The molecule has 1 saturated heterocycles. The van der Waals surface area contributed by atoms with Gasteiger partial charge in [-0.1, -0.05) is 60.7 Å². The monoisotopic (exact) mass is 334 g/mol. The van der Waals surface area contributed by atoms with Gasteiger partial charge in [0.15, 0.2) is 0 Å². The number of hydrogen-bond acceptors (Lipinski definition) is 2. The van der Waals surface area contributed by atoms with Crippen LogP contribution in [0.1, 0.15) is 37.8 Å². The molecular formula is C23H30N2. The van der Waals surface area contributed by atoms with Crippen LogP contribution in [0.4, 0.5) is 5.69 Å². The quantitative estimate of drug-likeness (QED) is 0.715. The highest BCUT2D eigenvalue weighted by molar-refractivity contribution is 5.68. The normalized spacial score (nSPS) is 16.4. The van der Waals surface area contributed by atoms with Crippen molar-refractivity contribution in [3.63, 3.8) is 0 Å². The molecule has 2 aromatic carbocycles. The second kappa shape index (κ2) is 8.87. The Bertz CT molecular complexity index is 670. The molecule has 2 nitrogen and oxygen atoms in total. The van der Waals surface area contributed by atoms with Crippen molar-refractivity contribution in [3.05, 3.63) is 71.8 Å². The number of rotatable bonds is 6. The number of benzene rings is 2. The van der Waals surface area contributed by atoms with E-state index in [-0.39, 0.29) is 0 Å². The molecule has 0 amide bonds. The van der Waals surface area contributed by atoms with Crippen molar-refractivity contribution in [2.24, 2.45) is 0 Å². The van der Waals surface area contributed by atoms with Gasteiger partial charge in [-0.3, -0.25) is 4.90 Å². The maximum atomic E-state index is 2.61.